The van der Waals surface area contributed by atoms with E-state index in [0.29, 0.717) is 6.42 Å². The fraction of sp³-hybridized carbons (Fsp3) is 0.417. The number of carbonyl (C=O) groups excluding carboxylic acids is 1. The minimum atomic E-state index is 0.239. The Morgan fingerprint density at radius 3 is 2.43 bits per heavy atom. The van der Waals surface area contributed by atoms with Crippen molar-refractivity contribution in [2.24, 2.45) is 0 Å². The molecule has 1 N–H and O–H groups in total. The van der Waals surface area contributed by atoms with Gasteiger partial charge in [0.05, 0.1) is 0 Å². The molecule has 0 saturated heterocycles. The average Bonchev–Trinajstić information content (AvgIpc) is 2.20. The van der Waals surface area contributed by atoms with E-state index in [2.05, 4.69) is 5.32 Å². The first-order valence-corrected chi connectivity index (χ1v) is 5.04. The van der Waals surface area contributed by atoms with E-state index in [1.165, 1.54) is 5.56 Å². The van der Waals surface area contributed by atoms with E-state index in [4.69, 9.17) is 0 Å². The third kappa shape index (κ3) is 2.96. The molecule has 0 atom stereocenters. The van der Waals surface area contributed by atoms with Crippen LogP contribution in [0.1, 0.15) is 35.7 Å². The lowest BCUT2D eigenvalue weighted by Gasteiger charge is -2.02. The van der Waals surface area contributed by atoms with Gasteiger partial charge in [-0.3, -0.25) is 4.79 Å². The van der Waals surface area contributed by atoms with Crippen LogP contribution in [0.5, 0.6) is 0 Å². The van der Waals surface area contributed by atoms with E-state index in [-0.39, 0.29) is 5.78 Å². The van der Waals surface area contributed by atoms with Crippen LogP contribution in [0, 0.1) is 0 Å². The summed E-state index contributed by atoms with van der Waals surface area (Å²) in [7, 11) is 1.91. The largest absolute Gasteiger partial charge is 0.316 e. The van der Waals surface area contributed by atoms with Crippen molar-refractivity contribution in [3.8, 4) is 0 Å². The van der Waals surface area contributed by atoms with E-state index in [1.54, 1.807) is 0 Å². The summed E-state index contributed by atoms with van der Waals surface area (Å²) in [5.41, 5.74) is 2.03. The summed E-state index contributed by atoms with van der Waals surface area (Å²) in [4.78, 5) is 11.5. The zero-order valence-electron chi connectivity index (χ0n) is 8.84. The Balaban J connectivity index is 2.67. The number of carbonyl (C=O) groups is 1. The molecule has 0 spiro atoms. The molecule has 0 aliphatic carbocycles. The van der Waals surface area contributed by atoms with Gasteiger partial charge in [0.1, 0.15) is 0 Å². The van der Waals surface area contributed by atoms with E-state index in [0.717, 1.165) is 18.5 Å². The smallest absolute Gasteiger partial charge is 0.162 e. The number of benzene rings is 1. The molecule has 0 fully saturated rings. The fourth-order valence-electron chi connectivity index (χ4n) is 1.38. The van der Waals surface area contributed by atoms with Gasteiger partial charge >= 0.3 is 0 Å². The van der Waals surface area contributed by atoms with Crippen molar-refractivity contribution < 1.29 is 4.79 Å². The lowest BCUT2D eigenvalue weighted by atomic mass is 10.1. The molecule has 0 aliphatic heterocycles. The predicted octanol–water partition coefficient (Wildman–Crippen LogP) is 2.39. The van der Waals surface area contributed by atoms with Crippen LogP contribution in [-0.4, -0.2) is 12.8 Å². The minimum Gasteiger partial charge on any atom is -0.316 e. The maximum Gasteiger partial charge on any atom is 0.162 e. The predicted molar refractivity (Wildman–Crippen MR) is 58.4 cm³/mol. The SMILES string of the molecule is CCCC(=O)c1ccc(CNC)cc1. The summed E-state index contributed by atoms with van der Waals surface area (Å²) in [6.07, 6.45) is 1.56. The van der Waals surface area contributed by atoms with Crippen molar-refractivity contribution >= 4 is 5.78 Å². The Bertz CT molecular complexity index is 290. The third-order valence-electron chi connectivity index (χ3n) is 2.13. The molecule has 0 unspecified atom stereocenters. The molecule has 0 heterocycles. The highest BCUT2D eigenvalue weighted by Crippen LogP contribution is 2.07. The van der Waals surface area contributed by atoms with Crippen molar-refractivity contribution in [1.29, 1.82) is 0 Å². The van der Waals surface area contributed by atoms with Crippen molar-refractivity contribution in [3.63, 3.8) is 0 Å². The summed E-state index contributed by atoms with van der Waals surface area (Å²) in [6.45, 7) is 2.87. The van der Waals surface area contributed by atoms with Gasteiger partial charge in [0.2, 0.25) is 0 Å². The van der Waals surface area contributed by atoms with Gasteiger partial charge in [-0.1, -0.05) is 31.2 Å². The van der Waals surface area contributed by atoms with Crippen LogP contribution >= 0.6 is 0 Å². The van der Waals surface area contributed by atoms with Crippen LogP contribution in [0.3, 0.4) is 0 Å². The van der Waals surface area contributed by atoms with Crippen molar-refractivity contribution in [1.82, 2.24) is 5.32 Å². The highest BCUT2D eigenvalue weighted by atomic mass is 16.1. The number of rotatable bonds is 5. The second-order valence-electron chi connectivity index (χ2n) is 3.40. The molecule has 0 bridgehead atoms. The van der Waals surface area contributed by atoms with E-state index < -0.39 is 0 Å². The monoisotopic (exact) mass is 191 g/mol. The van der Waals surface area contributed by atoms with Gasteiger partial charge in [-0.2, -0.15) is 0 Å². The molecule has 76 valence electrons. The molecule has 1 aromatic rings. The maximum absolute atomic E-state index is 11.5. The van der Waals surface area contributed by atoms with Crippen molar-refractivity contribution in [3.05, 3.63) is 35.4 Å². The molecule has 0 aliphatic rings. The van der Waals surface area contributed by atoms with Crippen LogP contribution in [0.25, 0.3) is 0 Å². The van der Waals surface area contributed by atoms with Gasteiger partial charge in [0.25, 0.3) is 0 Å². The molecule has 0 radical (unpaired) electrons. The second kappa shape index (κ2) is 5.55. The topological polar surface area (TPSA) is 29.1 Å². The van der Waals surface area contributed by atoms with Gasteiger partial charge in [-0.25, -0.2) is 0 Å². The Morgan fingerprint density at radius 2 is 1.93 bits per heavy atom. The number of hydrogen-bond donors (Lipinski definition) is 1. The molecule has 2 heteroatoms. The fourth-order valence-corrected chi connectivity index (χ4v) is 1.38. The van der Waals surface area contributed by atoms with E-state index >= 15 is 0 Å². The first-order valence-electron chi connectivity index (χ1n) is 5.04. The minimum absolute atomic E-state index is 0.239. The summed E-state index contributed by atoms with van der Waals surface area (Å²) in [5, 5.41) is 3.07. The molecular formula is C12H17NO. The Morgan fingerprint density at radius 1 is 1.29 bits per heavy atom. The quantitative estimate of drug-likeness (QED) is 0.724. The molecule has 14 heavy (non-hydrogen) atoms. The third-order valence-corrected chi connectivity index (χ3v) is 2.13. The van der Waals surface area contributed by atoms with E-state index in [9.17, 15) is 4.79 Å². The molecule has 0 amide bonds. The second-order valence-corrected chi connectivity index (χ2v) is 3.40. The number of Topliss-reactive ketones (excluding diaryl/α,β-unsaturated/α-hetero) is 1. The van der Waals surface area contributed by atoms with Crippen LogP contribution in [-0.2, 0) is 6.54 Å². The highest BCUT2D eigenvalue weighted by Gasteiger charge is 2.03. The lowest BCUT2D eigenvalue weighted by Crippen LogP contribution is -2.05. The first-order chi connectivity index (χ1) is 6.77. The van der Waals surface area contributed by atoms with Crippen molar-refractivity contribution in [2.75, 3.05) is 7.05 Å². The summed E-state index contributed by atoms with van der Waals surface area (Å²) in [5.74, 6) is 0.239. The maximum atomic E-state index is 11.5. The molecule has 1 aromatic carbocycles. The van der Waals surface area contributed by atoms with E-state index in [1.807, 2.05) is 38.2 Å². The average molecular weight is 191 g/mol. The molecular weight excluding hydrogens is 174 g/mol. The zero-order valence-corrected chi connectivity index (χ0v) is 8.84. The summed E-state index contributed by atoms with van der Waals surface area (Å²) < 4.78 is 0. The van der Waals surface area contributed by atoms with Crippen molar-refractivity contribution in [2.45, 2.75) is 26.3 Å². The lowest BCUT2D eigenvalue weighted by molar-refractivity contribution is 0.0982. The molecule has 2 nitrogen and oxygen atoms in total. The van der Waals surface area contributed by atoms with Crippen LogP contribution < -0.4 is 5.32 Å². The van der Waals surface area contributed by atoms with Gasteiger partial charge < -0.3 is 5.32 Å². The summed E-state index contributed by atoms with van der Waals surface area (Å²) in [6, 6.07) is 7.81. The Kier molecular flexibility index (Phi) is 4.33. The molecule has 0 saturated carbocycles. The number of nitrogens with one attached hydrogen (secondary N) is 1. The van der Waals surface area contributed by atoms with Gasteiger partial charge in [0.15, 0.2) is 5.78 Å². The normalized spacial score (nSPS) is 10.1. The first kappa shape index (κ1) is 10.9. The number of ketones is 1. The van der Waals surface area contributed by atoms with Gasteiger partial charge in [-0.05, 0) is 19.0 Å². The highest BCUT2D eigenvalue weighted by molar-refractivity contribution is 5.95. The van der Waals surface area contributed by atoms with Crippen LogP contribution in [0.2, 0.25) is 0 Å². The standard InChI is InChI=1S/C12H17NO/c1-3-4-12(14)11-7-5-10(6-8-11)9-13-2/h5-8,13H,3-4,9H2,1-2H3. The van der Waals surface area contributed by atoms with Crippen LogP contribution in [0.15, 0.2) is 24.3 Å². The molecule has 0 aromatic heterocycles. The van der Waals surface area contributed by atoms with Gasteiger partial charge in [-0.15, -0.1) is 0 Å². The molecule has 1 rings (SSSR count). The van der Waals surface area contributed by atoms with Crippen LogP contribution in [0.4, 0.5) is 0 Å². The van der Waals surface area contributed by atoms with Gasteiger partial charge in [0, 0.05) is 18.5 Å². The Hall–Kier alpha value is -1.15. The Labute approximate surface area is 85.3 Å². The number of hydrogen-bond acceptors (Lipinski definition) is 2. The zero-order chi connectivity index (χ0) is 10.4. The summed E-state index contributed by atoms with van der Waals surface area (Å²) >= 11 is 0.